The highest BCUT2D eigenvalue weighted by molar-refractivity contribution is 6.03. The molecule has 1 aromatic heterocycles. The number of carbonyl (C=O) groups is 2. The van der Waals surface area contributed by atoms with Crippen LogP contribution in [0.1, 0.15) is 47.3 Å². The first-order chi connectivity index (χ1) is 12.1. The summed E-state index contributed by atoms with van der Waals surface area (Å²) in [6.07, 6.45) is 3.59. The molecule has 1 amide bonds. The normalized spacial score (nSPS) is 14.6. The van der Waals surface area contributed by atoms with E-state index in [1.807, 2.05) is 19.1 Å². The van der Waals surface area contributed by atoms with Crippen LogP contribution in [-0.2, 0) is 22.6 Å². The first-order valence-corrected chi connectivity index (χ1v) is 8.37. The fraction of sp³-hybridized carbons (Fsp3) is 0.389. The number of nitrogens with one attached hydrogen (secondary N) is 1. The van der Waals surface area contributed by atoms with E-state index in [2.05, 4.69) is 10.4 Å². The highest BCUT2D eigenvalue weighted by Crippen LogP contribution is 2.20. The van der Waals surface area contributed by atoms with E-state index < -0.39 is 12.0 Å². The molecule has 7 nitrogen and oxygen atoms in total. The topological polar surface area (TPSA) is 93.5 Å². The summed E-state index contributed by atoms with van der Waals surface area (Å²) in [5.74, 6) is -0.852. The van der Waals surface area contributed by atoms with Gasteiger partial charge in [0.25, 0.3) is 5.91 Å². The van der Waals surface area contributed by atoms with E-state index >= 15 is 0 Å². The minimum Gasteiger partial charge on any atom is -0.480 e. The lowest BCUT2D eigenvalue weighted by Gasteiger charge is -2.17. The van der Waals surface area contributed by atoms with E-state index in [4.69, 9.17) is 4.74 Å². The van der Waals surface area contributed by atoms with Gasteiger partial charge in [0.05, 0.1) is 13.2 Å². The standard InChI is InChI=1S/C18H21N3O4/c1-2-3-15(18(23)24)21-8-6-16(20-21)19-17(22)13-4-5-14-11-25-9-7-12(14)10-13/h4-6,8,10,15H,2-3,7,9,11H2,1H3,(H,23,24)(H,19,20,22)/t15-/m0/s1. The zero-order valence-electron chi connectivity index (χ0n) is 14.1. The smallest absolute Gasteiger partial charge is 0.328 e. The van der Waals surface area contributed by atoms with Crippen molar-refractivity contribution < 1.29 is 19.4 Å². The quantitative estimate of drug-likeness (QED) is 0.841. The van der Waals surface area contributed by atoms with Crippen LogP contribution in [0.25, 0.3) is 0 Å². The Kier molecular flexibility index (Phi) is 5.14. The summed E-state index contributed by atoms with van der Waals surface area (Å²) in [5.41, 5.74) is 2.79. The summed E-state index contributed by atoms with van der Waals surface area (Å²) in [6, 6.07) is 6.43. The molecule has 0 spiro atoms. The van der Waals surface area contributed by atoms with Crippen molar-refractivity contribution in [2.45, 2.75) is 38.8 Å². The number of nitrogens with zero attached hydrogens (tertiary/aromatic N) is 2. The minimum atomic E-state index is -0.931. The van der Waals surface area contributed by atoms with Crippen molar-refractivity contribution in [1.29, 1.82) is 0 Å². The Morgan fingerprint density at radius 1 is 1.36 bits per heavy atom. The van der Waals surface area contributed by atoms with Gasteiger partial charge in [-0.3, -0.25) is 9.48 Å². The molecular weight excluding hydrogens is 322 g/mol. The van der Waals surface area contributed by atoms with Gasteiger partial charge < -0.3 is 15.2 Å². The number of fused-ring (bicyclic) bond motifs is 1. The lowest BCUT2D eigenvalue weighted by atomic mass is 10.00. The number of carboxylic acid groups (broad SMARTS) is 1. The van der Waals surface area contributed by atoms with E-state index in [1.165, 1.54) is 4.68 Å². The second-order valence-corrected chi connectivity index (χ2v) is 6.06. The second kappa shape index (κ2) is 7.48. The number of anilines is 1. The molecule has 25 heavy (non-hydrogen) atoms. The third kappa shape index (κ3) is 3.88. The maximum absolute atomic E-state index is 12.4. The van der Waals surface area contributed by atoms with Gasteiger partial charge in [-0.25, -0.2) is 4.79 Å². The van der Waals surface area contributed by atoms with Gasteiger partial charge in [0.1, 0.15) is 6.04 Å². The SMILES string of the molecule is CCC[C@@H](C(=O)O)n1ccc(NC(=O)c2ccc3c(c2)CCOC3)n1. The Morgan fingerprint density at radius 2 is 2.20 bits per heavy atom. The van der Waals surface area contributed by atoms with Crippen molar-refractivity contribution in [2.24, 2.45) is 0 Å². The van der Waals surface area contributed by atoms with Crippen LogP contribution < -0.4 is 5.32 Å². The van der Waals surface area contributed by atoms with Crippen LogP contribution in [0, 0.1) is 0 Å². The van der Waals surface area contributed by atoms with Gasteiger partial charge in [0.2, 0.25) is 0 Å². The number of carboxylic acids is 1. The Balaban J connectivity index is 1.72. The highest BCUT2D eigenvalue weighted by Gasteiger charge is 2.20. The van der Waals surface area contributed by atoms with E-state index in [0.29, 0.717) is 31.0 Å². The van der Waals surface area contributed by atoms with Crippen LogP contribution in [0.2, 0.25) is 0 Å². The fourth-order valence-electron chi connectivity index (χ4n) is 2.91. The predicted octanol–water partition coefficient (Wildman–Crippen LogP) is 2.63. The van der Waals surface area contributed by atoms with Gasteiger partial charge in [-0.05, 0) is 36.1 Å². The molecule has 1 aromatic carbocycles. The number of ether oxygens (including phenoxy) is 1. The van der Waals surface area contributed by atoms with E-state index in [9.17, 15) is 14.7 Å². The zero-order chi connectivity index (χ0) is 17.8. The van der Waals surface area contributed by atoms with Crippen molar-refractivity contribution in [3.8, 4) is 0 Å². The molecule has 1 atom stereocenters. The molecule has 0 saturated carbocycles. The van der Waals surface area contributed by atoms with Gasteiger partial charge in [0, 0.05) is 17.8 Å². The monoisotopic (exact) mass is 343 g/mol. The molecule has 2 aromatic rings. The van der Waals surface area contributed by atoms with Crippen LogP contribution in [0.15, 0.2) is 30.5 Å². The number of carbonyl (C=O) groups excluding carboxylic acids is 1. The van der Waals surface area contributed by atoms with Crippen LogP contribution in [0.4, 0.5) is 5.82 Å². The number of hydrogen-bond donors (Lipinski definition) is 2. The number of benzene rings is 1. The van der Waals surface area contributed by atoms with E-state index in [0.717, 1.165) is 24.0 Å². The largest absolute Gasteiger partial charge is 0.480 e. The highest BCUT2D eigenvalue weighted by atomic mass is 16.5. The number of amides is 1. The maximum atomic E-state index is 12.4. The summed E-state index contributed by atoms with van der Waals surface area (Å²) in [5, 5.41) is 16.2. The minimum absolute atomic E-state index is 0.262. The Bertz CT molecular complexity index is 784. The number of aromatic nitrogens is 2. The average molecular weight is 343 g/mol. The summed E-state index contributed by atoms with van der Waals surface area (Å²) < 4.78 is 6.78. The Hall–Kier alpha value is -2.67. The van der Waals surface area contributed by atoms with Crippen molar-refractivity contribution in [2.75, 3.05) is 11.9 Å². The van der Waals surface area contributed by atoms with Gasteiger partial charge in [0.15, 0.2) is 5.82 Å². The van der Waals surface area contributed by atoms with E-state index in [-0.39, 0.29) is 5.91 Å². The molecule has 3 rings (SSSR count). The molecule has 0 radical (unpaired) electrons. The molecule has 1 aliphatic rings. The van der Waals surface area contributed by atoms with Gasteiger partial charge >= 0.3 is 5.97 Å². The summed E-state index contributed by atoms with van der Waals surface area (Å²) in [7, 11) is 0. The molecule has 0 bridgehead atoms. The Labute approximate surface area is 145 Å². The molecule has 2 heterocycles. The van der Waals surface area contributed by atoms with Crippen LogP contribution in [-0.4, -0.2) is 33.4 Å². The fourth-order valence-corrected chi connectivity index (χ4v) is 2.91. The summed E-state index contributed by atoms with van der Waals surface area (Å²) in [4.78, 5) is 23.8. The van der Waals surface area contributed by atoms with E-state index in [1.54, 1.807) is 18.3 Å². The molecule has 0 aliphatic carbocycles. The number of aliphatic carboxylic acids is 1. The molecule has 1 aliphatic heterocycles. The maximum Gasteiger partial charge on any atom is 0.328 e. The Morgan fingerprint density at radius 3 is 2.96 bits per heavy atom. The molecule has 132 valence electrons. The lowest BCUT2D eigenvalue weighted by molar-refractivity contribution is -0.141. The molecule has 2 N–H and O–H groups in total. The van der Waals surface area contributed by atoms with Gasteiger partial charge in [-0.1, -0.05) is 19.4 Å². The molecule has 0 saturated heterocycles. The first kappa shape index (κ1) is 17.2. The molecular formula is C18H21N3O4. The average Bonchev–Trinajstić information content (AvgIpc) is 3.06. The molecule has 7 heteroatoms. The third-order valence-electron chi connectivity index (χ3n) is 4.26. The summed E-state index contributed by atoms with van der Waals surface area (Å²) in [6.45, 7) is 3.16. The van der Waals surface area contributed by atoms with Crippen molar-refractivity contribution in [3.63, 3.8) is 0 Å². The van der Waals surface area contributed by atoms with Crippen molar-refractivity contribution >= 4 is 17.7 Å². The number of rotatable bonds is 6. The second-order valence-electron chi connectivity index (χ2n) is 6.06. The first-order valence-electron chi connectivity index (χ1n) is 8.37. The van der Waals surface area contributed by atoms with Gasteiger partial charge in [-0.15, -0.1) is 0 Å². The number of hydrogen-bond acceptors (Lipinski definition) is 4. The predicted molar refractivity (Wildman–Crippen MR) is 91.6 cm³/mol. The lowest BCUT2D eigenvalue weighted by Crippen LogP contribution is -2.20. The van der Waals surface area contributed by atoms with Gasteiger partial charge in [-0.2, -0.15) is 5.10 Å². The van der Waals surface area contributed by atoms with Crippen molar-refractivity contribution in [3.05, 3.63) is 47.2 Å². The van der Waals surface area contributed by atoms with Crippen molar-refractivity contribution in [1.82, 2.24) is 9.78 Å². The van der Waals surface area contributed by atoms with Crippen LogP contribution in [0.5, 0.6) is 0 Å². The van der Waals surface area contributed by atoms with Crippen LogP contribution in [0.3, 0.4) is 0 Å². The molecule has 0 unspecified atom stereocenters. The van der Waals surface area contributed by atoms with Crippen LogP contribution >= 0.6 is 0 Å². The zero-order valence-corrected chi connectivity index (χ0v) is 14.1. The summed E-state index contributed by atoms with van der Waals surface area (Å²) >= 11 is 0. The molecule has 0 fully saturated rings. The third-order valence-corrected chi connectivity index (χ3v) is 4.26.